The number of rotatable bonds is 14. The Labute approximate surface area is 259 Å². The molecule has 202 valence electrons. The maximum Gasteiger partial charge on any atom is 1.00 e. The number of nitrogens with one attached hydrogen (secondary N) is 1. The maximum atomic E-state index is 13.9. The molecule has 0 atom stereocenters. The summed E-state index contributed by atoms with van der Waals surface area (Å²) in [5.74, 6) is -0.774. The maximum absolute atomic E-state index is 13.9. The van der Waals surface area contributed by atoms with Gasteiger partial charge in [-0.05, 0) is 73.8 Å². The molecule has 0 radical (unpaired) electrons. The number of carbonyl (C=O) groups is 2. The van der Waals surface area contributed by atoms with Crippen molar-refractivity contribution in [3.63, 3.8) is 0 Å². The number of hydrogen-bond donors (Lipinski definition) is 1. The summed E-state index contributed by atoms with van der Waals surface area (Å²) in [6.45, 7) is 2.78. The molecule has 1 heterocycles. The van der Waals surface area contributed by atoms with Gasteiger partial charge in [-0.15, -0.1) is 0 Å². The Hall–Kier alpha value is -3.12. The van der Waals surface area contributed by atoms with Crippen molar-refractivity contribution in [2.45, 2.75) is 45.4 Å². The van der Waals surface area contributed by atoms with Crippen molar-refractivity contribution >= 4 is 17.4 Å². The molecule has 0 saturated carbocycles. The average Bonchev–Trinajstić information content (AvgIpc) is 3.27. The minimum atomic E-state index is -1.07. The van der Waals surface area contributed by atoms with Crippen LogP contribution in [0.15, 0.2) is 91.0 Å². The second kappa shape index (κ2) is 15.6. The Morgan fingerprint density at radius 3 is 2.00 bits per heavy atom. The standard InChI is InChI=1S/C34H38N2O3.Na/c1-3-28-23-30(32(36(28)2)19-12-20-33(37)38)34(39)29-17-10-11-18-31(29)35-24-27(21-25-13-6-4-7-14-25)22-26-15-8-5-9-16-26;/h4-11,13-18,23,27,35H,3,12,19-22,24H2,1-2H3,(H,37,38);/q;+1/p-1. The fourth-order valence-electron chi connectivity index (χ4n) is 5.29. The Balaban J connectivity index is 0.00000441. The zero-order valence-corrected chi connectivity index (χ0v) is 25.9. The number of hydrogen-bond acceptors (Lipinski definition) is 4. The molecule has 3 aromatic carbocycles. The van der Waals surface area contributed by atoms with Gasteiger partial charge < -0.3 is 19.8 Å². The summed E-state index contributed by atoms with van der Waals surface area (Å²) < 4.78 is 2.04. The third-order valence-electron chi connectivity index (χ3n) is 7.35. The number of nitrogens with zero attached hydrogens (tertiary/aromatic N) is 1. The smallest absolute Gasteiger partial charge is 0.550 e. The van der Waals surface area contributed by atoms with Crippen LogP contribution >= 0.6 is 0 Å². The number of para-hydroxylation sites is 1. The molecule has 0 saturated heterocycles. The van der Waals surface area contributed by atoms with Crippen molar-refractivity contribution in [2.75, 3.05) is 11.9 Å². The van der Waals surface area contributed by atoms with Crippen LogP contribution in [-0.4, -0.2) is 22.9 Å². The molecule has 0 fully saturated rings. The van der Waals surface area contributed by atoms with E-state index in [0.717, 1.165) is 42.9 Å². The van der Waals surface area contributed by atoms with Crippen LogP contribution in [0.3, 0.4) is 0 Å². The molecule has 0 spiro atoms. The summed E-state index contributed by atoms with van der Waals surface area (Å²) in [5.41, 5.74) is 6.61. The first kappa shape index (κ1) is 31.4. The van der Waals surface area contributed by atoms with Gasteiger partial charge in [0.2, 0.25) is 0 Å². The van der Waals surface area contributed by atoms with Crippen LogP contribution in [0, 0.1) is 5.92 Å². The first-order valence-corrected chi connectivity index (χ1v) is 13.8. The van der Waals surface area contributed by atoms with Gasteiger partial charge >= 0.3 is 29.6 Å². The number of aromatic nitrogens is 1. The van der Waals surface area contributed by atoms with Crippen LogP contribution in [0.1, 0.15) is 58.2 Å². The molecule has 5 nitrogen and oxygen atoms in total. The quantitative estimate of drug-likeness (QED) is 0.196. The van der Waals surface area contributed by atoms with Crippen LogP contribution in [0.4, 0.5) is 5.69 Å². The zero-order valence-electron chi connectivity index (χ0n) is 23.9. The minimum absolute atomic E-state index is 0. The van der Waals surface area contributed by atoms with Crippen molar-refractivity contribution < 1.29 is 44.3 Å². The first-order valence-electron chi connectivity index (χ1n) is 13.8. The van der Waals surface area contributed by atoms with Crippen LogP contribution < -0.4 is 40.0 Å². The van der Waals surface area contributed by atoms with Crippen molar-refractivity contribution in [1.82, 2.24) is 4.57 Å². The Bertz CT molecular complexity index is 1340. The third-order valence-corrected chi connectivity index (χ3v) is 7.35. The van der Waals surface area contributed by atoms with E-state index in [2.05, 4.69) is 60.8 Å². The van der Waals surface area contributed by atoms with Gasteiger partial charge in [-0.25, -0.2) is 0 Å². The summed E-state index contributed by atoms with van der Waals surface area (Å²) in [5, 5.41) is 14.6. The Morgan fingerprint density at radius 2 is 1.43 bits per heavy atom. The topological polar surface area (TPSA) is 74.2 Å². The van der Waals surface area contributed by atoms with Gasteiger partial charge in [0.25, 0.3) is 0 Å². The number of anilines is 1. The predicted molar refractivity (Wildman–Crippen MR) is 155 cm³/mol. The number of carboxylic acid groups (broad SMARTS) is 1. The van der Waals surface area contributed by atoms with E-state index in [4.69, 9.17) is 0 Å². The number of carbonyl (C=O) groups excluding carboxylic acids is 2. The van der Waals surface area contributed by atoms with Crippen LogP contribution in [-0.2, 0) is 37.5 Å². The van der Waals surface area contributed by atoms with Gasteiger partial charge in [0.1, 0.15) is 0 Å². The van der Waals surface area contributed by atoms with E-state index in [1.807, 2.05) is 54.1 Å². The van der Waals surface area contributed by atoms with E-state index in [0.29, 0.717) is 29.9 Å². The Kier molecular flexibility index (Phi) is 12.3. The molecule has 1 N–H and O–H groups in total. The summed E-state index contributed by atoms with van der Waals surface area (Å²) in [7, 11) is 1.95. The van der Waals surface area contributed by atoms with E-state index < -0.39 is 5.97 Å². The molecule has 1 aromatic heterocycles. The molecule has 40 heavy (non-hydrogen) atoms. The van der Waals surface area contributed by atoms with Gasteiger partial charge in [0.05, 0.1) is 0 Å². The summed E-state index contributed by atoms with van der Waals surface area (Å²) in [6.07, 6.45) is 3.57. The summed E-state index contributed by atoms with van der Waals surface area (Å²) in [6, 6.07) is 30.7. The second-order valence-corrected chi connectivity index (χ2v) is 10.1. The van der Waals surface area contributed by atoms with Gasteiger partial charge in [0.15, 0.2) is 5.78 Å². The van der Waals surface area contributed by atoms with E-state index in [-0.39, 0.29) is 41.8 Å². The van der Waals surface area contributed by atoms with Gasteiger partial charge in [-0.3, -0.25) is 4.79 Å². The van der Waals surface area contributed by atoms with Crippen LogP contribution in [0.2, 0.25) is 0 Å². The molecule has 0 unspecified atom stereocenters. The second-order valence-electron chi connectivity index (χ2n) is 10.1. The largest absolute Gasteiger partial charge is 1.00 e. The van der Waals surface area contributed by atoms with Crippen molar-refractivity contribution in [3.8, 4) is 0 Å². The number of aryl methyl sites for hydroxylation is 1. The monoisotopic (exact) mass is 544 g/mol. The number of ketones is 1. The summed E-state index contributed by atoms with van der Waals surface area (Å²) >= 11 is 0. The normalized spacial score (nSPS) is 10.8. The molecule has 0 aliphatic heterocycles. The third kappa shape index (κ3) is 8.44. The molecular formula is C34H37N2NaO3. The van der Waals surface area contributed by atoms with E-state index in [9.17, 15) is 14.7 Å². The summed E-state index contributed by atoms with van der Waals surface area (Å²) in [4.78, 5) is 24.9. The molecular weight excluding hydrogens is 507 g/mol. The van der Waals surface area contributed by atoms with Gasteiger partial charge in [-0.1, -0.05) is 79.7 Å². The van der Waals surface area contributed by atoms with E-state index in [1.54, 1.807) is 0 Å². The average molecular weight is 545 g/mol. The fraction of sp³-hybridized carbons (Fsp3) is 0.294. The molecule has 4 aromatic rings. The van der Waals surface area contributed by atoms with Crippen molar-refractivity contribution in [3.05, 3.63) is 125 Å². The Morgan fingerprint density at radius 1 is 0.850 bits per heavy atom. The predicted octanol–water partition coefficient (Wildman–Crippen LogP) is 2.41. The van der Waals surface area contributed by atoms with Crippen molar-refractivity contribution in [1.29, 1.82) is 0 Å². The fourth-order valence-corrected chi connectivity index (χ4v) is 5.29. The van der Waals surface area contributed by atoms with Crippen LogP contribution in [0.25, 0.3) is 0 Å². The molecule has 0 amide bonds. The van der Waals surface area contributed by atoms with E-state index >= 15 is 0 Å². The SMILES string of the molecule is CCc1cc(C(=O)c2ccccc2NCC(Cc2ccccc2)Cc2ccccc2)c(CCCC(=O)[O-])n1C.[Na+]. The number of aliphatic carboxylic acids is 1. The minimum Gasteiger partial charge on any atom is -0.550 e. The molecule has 0 aliphatic carbocycles. The van der Waals surface area contributed by atoms with E-state index in [1.165, 1.54) is 11.1 Å². The first-order chi connectivity index (χ1) is 19.0. The zero-order chi connectivity index (χ0) is 27.6. The number of benzene rings is 3. The molecule has 0 aliphatic rings. The van der Waals surface area contributed by atoms with Crippen LogP contribution in [0.5, 0.6) is 0 Å². The molecule has 0 bridgehead atoms. The van der Waals surface area contributed by atoms with Crippen molar-refractivity contribution in [2.24, 2.45) is 13.0 Å². The molecule has 4 rings (SSSR count). The molecule has 6 heteroatoms. The van der Waals surface area contributed by atoms with Gasteiger partial charge in [0, 0.05) is 47.8 Å². The number of carboxylic acids is 1. The van der Waals surface area contributed by atoms with Gasteiger partial charge in [-0.2, -0.15) is 0 Å².